The summed E-state index contributed by atoms with van der Waals surface area (Å²) in [6.07, 6.45) is 8.82. The zero-order valence-corrected chi connectivity index (χ0v) is 28.1. The molecule has 0 atom stereocenters. The second-order valence-corrected chi connectivity index (χ2v) is 13.2. The molecule has 0 saturated carbocycles. The van der Waals surface area contributed by atoms with Crippen molar-refractivity contribution in [2.45, 2.75) is 79.1 Å². The summed E-state index contributed by atoms with van der Waals surface area (Å²) in [7, 11) is 6.51. The molecule has 5 heteroatoms. The lowest BCUT2D eigenvalue weighted by Crippen LogP contribution is -2.43. The lowest BCUT2D eigenvalue weighted by molar-refractivity contribution is -0.697. The lowest BCUT2D eigenvalue weighted by Gasteiger charge is -2.18. The molecule has 0 amide bonds. The van der Waals surface area contributed by atoms with E-state index in [1.807, 2.05) is 0 Å². The molecule has 2 aromatic carbocycles. The Bertz CT molecular complexity index is 1580. The van der Waals surface area contributed by atoms with Crippen molar-refractivity contribution in [2.24, 2.45) is 21.1 Å². The number of aryl methyl sites for hydroxylation is 2. The van der Waals surface area contributed by atoms with Gasteiger partial charge in [-0.1, -0.05) is 91.8 Å². The van der Waals surface area contributed by atoms with E-state index in [1.54, 1.807) is 0 Å². The predicted octanol–water partition coefficient (Wildman–Crippen LogP) is 7.57. The van der Waals surface area contributed by atoms with Crippen LogP contribution in [0.15, 0.2) is 79.4 Å². The van der Waals surface area contributed by atoms with Gasteiger partial charge in [-0.15, -0.1) is 0 Å². The molecule has 0 spiro atoms. The van der Waals surface area contributed by atoms with Gasteiger partial charge in [-0.05, 0) is 29.7 Å². The Kier molecular flexibility index (Phi) is 8.47. The van der Waals surface area contributed by atoms with Crippen molar-refractivity contribution in [3.8, 4) is 34.4 Å². The fraction of sp³-hybridized carbons (Fsp3) is 0.395. The largest absolute Gasteiger partial charge is 0.359 e. The van der Waals surface area contributed by atoms with Gasteiger partial charge < -0.3 is 0 Å². The maximum absolute atomic E-state index is 2.41. The topological polar surface area (TPSA) is 21.5 Å². The fourth-order valence-electron chi connectivity index (χ4n) is 6.54. The molecular formula is C38H50N5+3. The third kappa shape index (κ3) is 5.35. The van der Waals surface area contributed by atoms with Crippen molar-refractivity contribution in [3.63, 3.8) is 0 Å². The van der Waals surface area contributed by atoms with E-state index in [1.165, 1.54) is 33.6 Å². The molecule has 0 N–H and O–H groups in total. The van der Waals surface area contributed by atoms with Crippen LogP contribution < -0.4 is 13.7 Å². The molecule has 0 radical (unpaired) electrons. The highest BCUT2D eigenvalue weighted by Crippen LogP contribution is 2.35. The van der Waals surface area contributed by atoms with Gasteiger partial charge in [0.05, 0.1) is 14.1 Å². The SMILES string of the molecule is CC(C)c1cccc(C(C)C)c1-n1cc[n+](C)c1-c1cccc(-c2n(-c3c(C(C)C)cccc3C(C)C)cc[n+]2C)[n+]1C. The molecule has 0 aliphatic carbocycles. The van der Waals surface area contributed by atoms with Crippen LogP contribution in [0.1, 0.15) is 101 Å². The van der Waals surface area contributed by atoms with Crippen LogP contribution in [0.4, 0.5) is 0 Å². The van der Waals surface area contributed by atoms with Gasteiger partial charge in [0.2, 0.25) is 0 Å². The minimum absolute atomic E-state index is 0.410. The van der Waals surface area contributed by atoms with Crippen LogP contribution in [0.5, 0.6) is 0 Å². The highest BCUT2D eigenvalue weighted by molar-refractivity contribution is 5.60. The van der Waals surface area contributed by atoms with Gasteiger partial charge in [0.25, 0.3) is 11.4 Å². The van der Waals surface area contributed by atoms with Crippen molar-refractivity contribution in [2.75, 3.05) is 0 Å². The molecule has 3 heterocycles. The van der Waals surface area contributed by atoms with Gasteiger partial charge in [-0.3, -0.25) is 0 Å². The summed E-state index contributed by atoms with van der Waals surface area (Å²) >= 11 is 0. The molecule has 5 rings (SSSR count). The van der Waals surface area contributed by atoms with E-state index in [0.29, 0.717) is 23.7 Å². The molecule has 0 unspecified atom stereocenters. The summed E-state index contributed by atoms with van der Waals surface area (Å²) in [5, 5.41) is 0. The molecule has 224 valence electrons. The zero-order chi connectivity index (χ0) is 31.2. The Morgan fingerprint density at radius 2 is 0.767 bits per heavy atom. The number of benzene rings is 2. The summed E-state index contributed by atoms with van der Waals surface area (Å²) in [5.74, 6) is 3.96. The van der Waals surface area contributed by atoms with Gasteiger partial charge in [0.1, 0.15) is 43.2 Å². The molecule has 0 aliphatic rings. The highest BCUT2D eigenvalue weighted by atomic mass is 15.2. The first-order valence-electron chi connectivity index (χ1n) is 15.8. The Morgan fingerprint density at radius 1 is 0.465 bits per heavy atom. The van der Waals surface area contributed by atoms with Crippen LogP contribution in [0, 0.1) is 0 Å². The second-order valence-electron chi connectivity index (χ2n) is 13.2. The average molecular weight is 577 g/mol. The third-order valence-corrected chi connectivity index (χ3v) is 8.86. The maximum Gasteiger partial charge on any atom is 0.359 e. The van der Waals surface area contributed by atoms with Gasteiger partial charge >= 0.3 is 11.6 Å². The van der Waals surface area contributed by atoms with Crippen molar-refractivity contribution in [1.29, 1.82) is 0 Å². The molecule has 0 fully saturated rings. The summed E-state index contributed by atoms with van der Waals surface area (Å²) < 4.78 is 11.7. The number of aromatic nitrogens is 5. The van der Waals surface area contributed by atoms with E-state index in [-0.39, 0.29) is 0 Å². The number of rotatable bonds is 8. The summed E-state index contributed by atoms with van der Waals surface area (Å²) in [6.45, 7) is 18.3. The summed E-state index contributed by atoms with van der Waals surface area (Å²) in [6, 6.07) is 20.3. The van der Waals surface area contributed by atoms with Crippen LogP contribution in [-0.4, -0.2) is 9.13 Å². The molecule has 43 heavy (non-hydrogen) atoms. The fourth-order valence-corrected chi connectivity index (χ4v) is 6.54. The Morgan fingerprint density at radius 3 is 1.07 bits per heavy atom. The van der Waals surface area contributed by atoms with Gasteiger partial charge in [0, 0.05) is 34.4 Å². The van der Waals surface area contributed by atoms with E-state index < -0.39 is 0 Å². The number of pyridine rings is 1. The lowest BCUT2D eigenvalue weighted by atomic mass is 9.92. The number of nitrogens with zero attached hydrogens (tertiary/aromatic N) is 5. The normalized spacial score (nSPS) is 12.0. The Balaban J connectivity index is 1.78. The first kappa shape index (κ1) is 30.5. The first-order chi connectivity index (χ1) is 20.4. The van der Waals surface area contributed by atoms with Crippen molar-refractivity contribution in [3.05, 3.63) is 102 Å². The minimum Gasteiger partial charge on any atom is -0.227 e. The molecule has 5 aromatic rings. The Labute approximate surface area is 258 Å². The Hall–Kier alpha value is -3.99. The molecule has 3 aromatic heterocycles. The van der Waals surface area contributed by atoms with E-state index in [4.69, 9.17) is 0 Å². The smallest absolute Gasteiger partial charge is 0.227 e. The second kappa shape index (κ2) is 11.9. The van der Waals surface area contributed by atoms with Crippen LogP contribution in [0.25, 0.3) is 34.4 Å². The maximum atomic E-state index is 2.41. The number of hydrogen-bond acceptors (Lipinski definition) is 0. The minimum atomic E-state index is 0.410. The molecular weight excluding hydrogens is 526 g/mol. The monoisotopic (exact) mass is 576 g/mol. The molecule has 0 bridgehead atoms. The van der Waals surface area contributed by atoms with Crippen LogP contribution in [0.2, 0.25) is 0 Å². The average Bonchev–Trinajstić information content (AvgIpc) is 3.53. The molecule has 5 nitrogen and oxygen atoms in total. The quantitative estimate of drug-likeness (QED) is 0.170. The van der Waals surface area contributed by atoms with Gasteiger partial charge in [-0.25, -0.2) is 9.13 Å². The third-order valence-electron chi connectivity index (χ3n) is 8.86. The van der Waals surface area contributed by atoms with E-state index in [2.05, 4.69) is 179 Å². The van der Waals surface area contributed by atoms with Crippen LogP contribution >= 0.6 is 0 Å². The number of imidazole rings is 2. The molecule has 0 aliphatic heterocycles. The van der Waals surface area contributed by atoms with E-state index in [0.717, 1.165) is 23.0 Å². The van der Waals surface area contributed by atoms with E-state index in [9.17, 15) is 0 Å². The number of para-hydroxylation sites is 2. The van der Waals surface area contributed by atoms with Crippen LogP contribution in [0.3, 0.4) is 0 Å². The standard InChI is InChI=1S/C38H50N5/c1-25(2)29-15-12-16-30(26(3)4)35(29)42-23-21-39(9)37(42)33-19-14-20-34(41(33)11)38-40(10)22-24-43(38)36-31(27(5)6)17-13-18-32(36)28(7)8/h12-28H,1-11H3/q+3. The first-order valence-corrected chi connectivity index (χ1v) is 15.8. The number of hydrogen-bond donors (Lipinski definition) is 0. The van der Waals surface area contributed by atoms with Gasteiger partial charge in [-0.2, -0.15) is 13.7 Å². The predicted molar refractivity (Wildman–Crippen MR) is 176 cm³/mol. The highest BCUT2D eigenvalue weighted by Gasteiger charge is 2.35. The van der Waals surface area contributed by atoms with Crippen molar-refractivity contribution < 1.29 is 13.7 Å². The molecule has 0 saturated heterocycles. The zero-order valence-electron chi connectivity index (χ0n) is 28.1. The van der Waals surface area contributed by atoms with Crippen molar-refractivity contribution >= 4 is 0 Å². The summed E-state index contributed by atoms with van der Waals surface area (Å²) in [4.78, 5) is 0. The van der Waals surface area contributed by atoms with E-state index >= 15 is 0 Å². The van der Waals surface area contributed by atoms with Gasteiger partial charge in [0.15, 0.2) is 0 Å². The van der Waals surface area contributed by atoms with Crippen LogP contribution in [-0.2, 0) is 21.1 Å². The summed E-state index contributed by atoms with van der Waals surface area (Å²) in [5.41, 5.74) is 10.4. The van der Waals surface area contributed by atoms with Crippen molar-refractivity contribution in [1.82, 2.24) is 9.13 Å².